The van der Waals surface area contributed by atoms with Gasteiger partial charge in [-0.25, -0.2) is 0 Å². The van der Waals surface area contributed by atoms with E-state index in [1.165, 1.54) is 0 Å². The van der Waals surface area contributed by atoms with Crippen molar-refractivity contribution in [2.75, 3.05) is 32.1 Å². The van der Waals surface area contributed by atoms with Crippen LogP contribution in [0.2, 0.25) is 0 Å². The summed E-state index contributed by atoms with van der Waals surface area (Å²) >= 11 is 0. The van der Waals surface area contributed by atoms with Crippen molar-refractivity contribution in [3.8, 4) is 0 Å². The molecule has 6 nitrogen and oxygen atoms in total. The van der Waals surface area contributed by atoms with Crippen molar-refractivity contribution in [2.24, 2.45) is 0 Å². The number of carbonyl (C=O) groups is 1. The number of rotatable bonds is 5. The Balaban J connectivity index is 1.40. The fourth-order valence-corrected chi connectivity index (χ4v) is 4.33. The largest absolute Gasteiger partial charge is 0.368 e. The van der Waals surface area contributed by atoms with Gasteiger partial charge in [0, 0.05) is 48.2 Å². The van der Waals surface area contributed by atoms with Crippen molar-refractivity contribution < 1.29 is 4.79 Å². The summed E-state index contributed by atoms with van der Waals surface area (Å²) in [5.74, 6) is -0.00412. The highest BCUT2D eigenvalue weighted by Gasteiger charge is 2.47. The molecule has 6 heteroatoms. The molecule has 0 atom stereocenters. The van der Waals surface area contributed by atoms with E-state index in [0.717, 1.165) is 59.2 Å². The molecule has 1 aliphatic carbocycles. The lowest BCUT2D eigenvalue weighted by molar-refractivity contribution is 0.0930. The first-order chi connectivity index (χ1) is 14.5. The highest BCUT2D eigenvalue weighted by atomic mass is 16.1. The first kappa shape index (κ1) is 19.0. The van der Waals surface area contributed by atoms with Crippen molar-refractivity contribution in [2.45, 2.75) is 31.3 Å². The zero-order chi connectivity index (χ0) is 20.9. The highest BCUT2D eigenvalue weighted by Crippen LogP contribution is 2.47. The Kier molecular flexibility index (Phi) is 4.47. The second-order valence-corrected chi connectivity index (χ2v) is 8.81. The Morgan fingerprint density at radius 3 is 2.70 bits per heavy atom. The number of hydrogen-bond donors (Lipinski definition) is 1. The van der Waals surface area contributed by atoms with Crippen LogP contribution in [0.4, 0.5) is 5.69 Å². The SMILES string of the molecule is Cc1ccc(N2CC(N(C)C)C2)cc1C(=O)NC1(c2ccnc3cnccc23)CC1. The minimum Gasteiger partial charge on any atom is -0.368 e. The second-order valence-electron chi connectivity index (χ2n) is 8.81. The normalized spacial score (nSPS) is 17.8. The van der Waals surface area contributed by atoms with Gasteiger partial charge in [-0.1, -0.05) is 6.07 Å². The molecule has 1 aromatic carbocycles. The number of hydrogen-bond acceptors (Lipinski definition) is 5. The molecule has 5 rings (SSSR count). The van der Waals surface area contributed by atoms with Crippen molar-refractivity contribution in [1.82, 2.24) is 20.2 Å². The van der Waals surface area contributed by atoms with Crippen LogP contribution >= 0.6 is 0 Å². The summed E-state index contributed by atoms with van der Waals surface area (Å²) in [5, 5.41) is 4.41. The number of nitrogens with zero attached hydrogens (tertiary/aromatic N) is 4. The van der Waals surface area contributed by atoms with Crippen LogP contribution in [0.1, 0.15) is 34.3 Å². The zero-order valence-corrected chi connectivity index (χ0v) is 17.7. The highest BCUT2D eigenvalue weighted by molar-refractivity contribution is 5.98. The van der Waals surface area contributed by atoms with E-state index in [2.05, 4.69) is 51.3 Å². The first-order valence-corrected chi connectivity index (χ1v) is 10.5. The summed E-state index contributed by atoms with van der Waals surface area (Å²) in [6.07, 6.45) is 7.25. The molecule has 3 aromatic rings. The van der Waals surface area contributed by atoms with E-state index in [0.29, 0.717) is 6.04 Å². The molecule has 1 N–H and O–H groups in total. The van der Waals surface area contributed by atoms with Gasteiger partial charge in [0.25, 0.3) is 5.91 Å². The molecule has 30 heavy (non-hydrogen) atoms. The Labute approximate surface area is 176 Å². The maximum absolute atomic E-state index is 13.3. The van der Waals surface area contributed by atoms with Gasteiger partial charge in [0.1, 0.15) is 0 Å². The average Bonchev–Trinajstić information content (AvgIpc) is 3.47. The first-order valence-electron chi connectivity index (χ1n) is 10.5. The van der Waals surface area contributed by atoms with E-state index < -0.39 is 0 Å². The molecule has 1 amide bonds. The van der Waals surface area contributed by atoms with Crippen LogP contribution in [-0.4, -0.2) is 54.0 Å². The van der Waals surface area contributed by atoms with Crippen molar-refractivity contribution in [1.29, 1.82) is 0 Å². The van der Waals surface area contributed by atoms with Gasteiger partial charge in [0.05, 0.1) is 17.3 Å². The third kappa shape index (κ3) is 3.21. The Morgan fingerprint density at radius 1 is 1.17 bits per heavy atom. The monoisotopic (exact) mass is 401 g/mol. The van der Waals surface area contributed by atoms with Gasteiger partial charge in [0.15, 0.2) is 0 Å². The van der Waals surface area contributed by atoms with E-state index in [4.69, 9.17) is 0 Å². The van der Waals surface area contributed by atoms with E-state index in [-0.39, 0.29) is 11.4 Å². The van der Waals surface area contributed by atoms with Crippen LogP contribution in [0, 0.1) is 6.92 Å². The third-order valence-corrected chi connectivity index (χ3v) is 6.59. The molecular weight excluding hydrogens is 374 g/mol. The summed E-state index contributed by atoms with van der Waals surface area (Å²) in [7, 11) is 4.23. The quantitative estimate of drug-likeness (QED) is 0.712. The number of aryl methyl sites for hydroxylation is 1. The summed E-state index contributed by atoms with van der Waals surface area (Å²) in [5.41, 5.74) is 4.56. The lowest BCUT2D eigenvalue weighted by Gasteiger charge is -2.44. The third-order valence-electron chi connectivity index (χ3n) is 6.59. The number of fused-ring (bicyclic) bond motifs is 1. The van der Waals surface area contributed by atoms with Crippen molar-refractivity contribution in [3.05, 3.63) is 65.6 Å². The summed E-state index contributed by atoms with van der Waals surface area (Å²) in [6.45, 7) is 4.00. The van der Waals surface area contributed by atoms with Crippen LogP contribution in [0.15, 0.2) is 48.9 Å². The number of amides is 1. The number of aromatic nitrogens is 2. The van der Waals surface area contributed by atoms with E-state index >= 15 is 0 Å². The number of anilines is 1. The van der Waals surface area contributed by atoms with Crippen LogP contribution in [0.25, 0.3) is 10.9 Å². The number of nitrogens with one attached hydrogen (secondary N) is 1. The van der Waals surface area contributed by atoms with Gasteiger partial charge in [-0.2, -0.15) is 0 Å². The number of pyridine rings is 2. The summed E-state index contributed by atoms with van der Waals surface area (Å²) in [6, 6.07) is 10.8. The Hall–Kier alpha value is -2.99. The van der Waals surface area contributed by atoms with Gasteiger partial charge >= 0.3 is 0 Å². The standard InChI is InChI=1S/C24H27N5O/c1-16-4-5-17(29-14-18(15-29)28(2)3)12-20(16)23(30)27-24(8-9-24)21-7-11-26-22-13-25-10-6-19(21)22/h4-7,10-13,18H,8-9,14-15H2,1-3H3,(H,27,30). The van der Waals surface area contributed by atoms with Crippen molar-refractivity contribution in [3.63, 3.8) is 0 Å². The predicted molar refractivity (Wildman–Crippen MR) is 119 cm³/mol. The zero-order valence-electron chi connectivity index (χ0n) is 17.7. The average molecular weight is 402 g/mol. The van der Waals surface area contributed by atoms with Crippen LogP contribution in [0.3, 0.4) is 0 Å². The summed E-state index contributed by atoms with van der Waals surface area (Å²) < 4.78 is 0. The molecule has 0 unspecified atom stereocenters. The molecule has 2 fully saturated rings. The predicted octanol–water partition coefficient (Wildman–Crippen LogP) is 3.11. The van der Waals surface area contributed by atoms with Gasteiger partial charge in [-0.05, 0) is 69.3 Å². The smallest absolute Gasteiger partial charge is 0.252 e. The van der Waals surface area contributed by atoms with Crippen LogP contribution < -0.4 is 10.2 Å². The van der Waals surface area contributed by atoms with Crippen LogP contribution in [-0.2, 0) is 5.54 Å². The minimum atomic E-state index is -0.311. The van der Waals surface area contributed by atoms with Gasteiger partial charge in [0.2, 0.25) is 0 Å². The van der Waals surface area contributed by atoms with E-state index in [1.54, 1.807) is 12.4 Å². The second kappa shape index (κ2) is 7.06. The maximum atomic E-state index is 13.3. The molecule has 0 bridgehead atoms. The van der Waals surface area contributed by atoms with Gasteiger partial charge in [-0.3, -0.25) is 14.8 Å². The molecule has 0 spiro atoms. The molecule has 1 aliphatic heterocycles. The molecular formula is C24H27N5O. The lowest BCUT2D eigenvalue weighted by atomic mass is 9.99. The molecule has 154 valence electrons. The fraction of sp³-hybridized carbons (Fsp3) is 0.375. The minimum absolute atomic E-state index is 0.00412. The van der Waals surface area contributed by atoms with E-state index in [1.807, 2.05) is 31.3 Å². The molecule has 2 aromatic heterocycles. The molecule has 2 aliphatic rings. The Bertz CT molecular complexity index is 1110. The van der Waals surface area contributed by atoms with Gasteiger partial charge in [-0.15, -0.1) is 0 Å². The molecule has 0 radical (unpaired) electrons. The topological polar surface area (TPSA) is 61.4 Å². The number of carbonyl (C=O) groups excluding carboxylic acids is 1. The number of benzene rings is 1. The van der Waals surface area contributed by atoms with Gasteiger partial charge < -0.3 is 15.1 Å². The summed E-state index contributed by atoms with van der Waals surface area (Å²) in [4.78, 5) is 26.5. The van der Waals surface area contributed by atoms with Crippen molar-refractivity contribution >= 4 is 22.5 Å². The fourth-order valence-electron chi connectivity index (χ4n) is 4.33. The lowest BCUT2D eigenvalue weighted by Crippen LogP contribution is -2.57. The molecule has 1 saturated heterocycles. The number of likely N-dealkylation sites (N-methyl/N-ethyl adjacent to an activating group) is 1. The van der Waals surface area contributed by atoms with E-state index in [9.17, 15) is 4.79 Å². The molecule has 3 heterocycles. The molecule has 1 saturated carbocycles. The maximum Gasteiger partial charge on any atom is 0.252 e. The van der Waals surface area contributed by atoms with Crippen LogP contribution in [0.5, 0.6) is 0 Å². The Morgan fingerprint density at radius 2 is 1.97 bits per heavy atom.